The lowest BCUT2D eigenvalue weighted by Crippen LogP contribution is -2.19. The molecular weight excluding hydrogens is 278 g/mol. The van der Waals surface area contributed by atoms with Crippen molar-refractivity contribution in [3.8, 4) is 11.1 Å². The van der Waals surface area contributed by atoms with Gasteiger partial charge in [0.25, 0.3) is 5.91 Å². The van der Waals surface area contributed by atoms with Gasteiger partial charge in [-0.3, -0.25) is 4.79 Å². The second kappa shape index (κ2) is 4.78. The molecule has 0 aliphatic carbocycles. The van der Waals surface area contributed by atoms with Crippen molar-refractivity contribution in [2.24, 2.45) is 0 Å². The fourth-order valence-electron chi connectivity index (χ4n) is 2.79. The van der Waals surface area contributed by atoms with E-state index in [-0.39, 0.29) is 11.3 Å². The van der Waals surface area contributed by atoms with E-state index in [4.69, 9.17) is 12.2 Å². The van der Waals surface area contributed by atoms with Crippen LogP contribution in [0.2, 0.25) is 0 Å². The third-order valence-electron chi connectivity index (χ3n) is 3.77. The Hall–Kier alpha value is -2.00. The van der Waals surface area contributed by atoms with Gasteiger partial charge in [0.15, 0.2) is 0 Å². The third kappa shape index (κ3) is 2.28. The first-order valence-electron chi connectivity index (χ1n) is 6.98. The molecule has 0 radical (unpaired) electrons. The predicted octanol–water partition coefficient (Wildman–Crippen LogP) is 4.07. The maximum absolute atomic E-state index is 12.4. The molecule has 0 aromatic heterocycles. The van der Waals surface area contributed by atoms with Gasteiger partial charge in [-0.15, -0.1) is 0 Å². The molecule has 1 aliphatic heterocycles. The molecule has 1 aliphatic rings. The van der Waals surface area contributed by atoms with Gasteiger partial charge in [-0.25, -0.2) is 0 Å². The smallest absolute Gasteiger partial charge is 0.257 e. The first-order chi connectivity index (χ1) is 9.89. The van der Waals surface area contributed by atoms with E-state index in [1.54, 1.807) is 0 Å². The van der Waals surface area contributed by atoms with E-state index < -0.39 is 0 Å². The molecule has 1 amide bonds. The number of hydrogen-bond acceptors (Lipinski definition) is 2. The molecule has 21 heavy (non-hydrogen) atoms. The summed E-state index contributed by atoms with van der Waals surface area (Å²) in [6, 6.07) is 14.1. The van der Waals surface area contributed by atoms with E-state index in [1.165, 1.54) is 0 Å². The minimum Gasteiger partial charge on any atom is -0.312 e. The lowest BCUT2D eigenvalue weighted by molar-refractivity contribution is 0.0984. The van der Waals surface area contributed by atoms with E-state index in [0.717, 1.165) is 22.3 Å². The summed E-state index contributed by atoms with van der Waals surface area (Å²) in [7, 11) is 0. The molecule has 2 aromatic rings. The number of nitrogens with one attached hydrogen (secondary N) is 1. The molecule has 0 spiro atoms. The highest BCUT2D eigenvalue weighted by Gasteiger charge is 2.31. The minimum absolute atomic E-state index is 0.0509. The Morgan fingerprint density at radius 3 is 2.24 bits per heavy atom. The summed E-state index contributed by atoms with van der Waals surface area (Å²) in [5, 5.41) is 2.76. The van der Waals surface area contributed by atoms with Crippen LogP contribution in [0.1, 0.15) is 42.3 Å². The Bertz CT molecular complexity index is 742. The van der Waals surface area contributed by atoms with Crippen LogP contribution in [0.4, 0.5) is 0 Å². The molecule has 0 saturated carbocycles. The normalized spacial score (nSPS) is 14.0. The molecular formula is C18H17NOS. The summed E-state index contributed by atoms with van der Waals surface area (Å²) < 4.78 is 0. The first-order valence-corrected chi connectivity index (χ1v) is 7.39. The second-order valence-corrected chi connectivity index (χ2v) is 6.72. The molecule has 1 heterocycles. The van der Waals surface area contributed by atoms with Gasteiger partial charge >= 0.3 is 0 Å². The second-order valence-electron chi connectivity index (χ2n) is 6.31. The lowest BCUT2D eigenvalue weighted by atomic mass is 9.79. The average Bonchev–Trinajstić information content (AvgIpc) is 2.73. The van der Waals surface area contributed by atoms with Crippen LogP contribution >= 0.6 is 12.2 Å². The standard InChI is InChI=1S/C18H17NOS/c1-18(2,3)13-10-9-12-15(16(20)19-17(12)21)14(13)11-7-5-4-6-8-11/h4-10H,1-3H3,(H,19,20,21). The van der Waals surface area contributed by atoms with Crippen LogP contribution in [0, 0.1) is 0 Å². The first kappa shape index (κ1) is 14.0. The van der Waals surface area contributed by atoms with Crippen molar-refractivity contribution in [3.63, 3.8) is 0 Å². The Balaban J connectivity index is 2.39. The summed E-state index contributed by atoms with van der Waals surface area (Å²) in [4.78, 5) is 12.9. The van der Waals surface area contributed by atoms with E-state index in [1.807, 2.05) is 36.4 Å². The molecule has 0 saturated heterocycles. The van der Waals surface area contributed by atoms with Crippen LogP contribution in [0.3, 0.4) is 0 Å². The molecule has 0 fully saturated rings. The zero-order chi connectivity index (χ0) is 15.2. The Kier molecular flexibility index (Phi) is 3.18. The number of hydrogen-bond donors (Lipinski definition) is 1. The van der Waals surface area contributed by atoms with Crippen LogP contribution in [0.25, 0.3) is 11.1 Å². The number of carbonyl (C=O) groups is 1. The zero-order valence-electron chi connectivity index (χ0n) is 12.4. The van der Waals surface area contributed by atoms with Crippen molar-refractivity contribution >= 4 is 23.1 Å². The fraction of sp³-hybridized carbons (Fsp3) is 0.222. The number of thiocarbonyl (C=S) groups is 1. The lowest BCUT2D eigenvalue weighted by Gasteiger charge is -2.24. The number of carbonyl (C=O) groups excluding carboxylic acids is 1. The highest BCUT2D eigenvalue weighted by molar-refractivity contribution is 7.80. The van der Waals surface area contributed by atoms with Crippen molar-refractivity contribution in [1.29, 1.82) is 0 Å². The monoisotopic (exact) mass is 295 g/mol. The molecule has 106 valence electrons. The van der Waals surface area contributed by atoms with Crippen molar-refractivity contribution in [1.82, 2.24) is 5.32 Å². The largest absolute Gasteiger partial charge is 0.312 e. The molecule has 2 aromatic carbocycles. The Labute approximate surface area is 130 Å². The van der Waals surface area contributed by atoms with Gasteiger partial charge in [0.2, 0.25) is 0 Å². The van der Waals surface area contributed by atoms with Crippen LogP contribution in [-0.2, 0) is 5.41 Å². The summed E-state index contributed by atoms with van der Waals surface area (Å²) in [6.07, 6.45) is 0. The van der Waals surface area contributed by atoms with E-state index in [9.17, 15) is 4.79 Å². The predicted molar refractivity (Wildman–Crippen MR) is 89.7 cm³/mol. The average molecular weight is 295 g/mol. The molecule has 0 atom stereocenters. The van der Waals surface area contributed by atoms with Gasteiger partial charge in [0, 0.05) is 5.56 Å². The summed E-state index contributed by atoms with van der Waals surface area (Å²) in [5.74, 6) is -0.0973. The number of amides is 1. The molecule has 2 nitrogen and oxygen atoms in total. The topological polar surface area (TPSA) is 29.1 Å². The SMILES string of the molecule is CC(C)(C)c1ccc2c(c1-c1ccccc1)C(=O)NC2=S. The van der Waals surface area contributed by atoms with E-state index >= 15 is 0 Å². The van der Waals surface area contributed by atoms with Crippen LogP contribution in [0.5, 0.6) is 0 Å². The zero-order valence-corrected chi connectivity index (χ0v) is 13.2. The molecule has 1 N–H and O–H groups in total. The number of benzene rings is 2. The highest BCUT2D eigenvalue weighted by atomic mass is 32.1. The molecule has 3 rings (SSSR count). The van der Waals surface area contributed by atoms with Gasteiger partial charge in [-0.1, -0.05) is 75.5 Å². The highest BCUT2D eigenvalue weighted by Crippen LogP contribution is 2.38. The Morgan fingerprint density at radius 2 is 1.62 bits per heavy atom. The minimum atomic E-state index is -0.0973. The summed E-state index contributed by atoms with van der Waals surface area (Å²) in [6.45, 7) is 6.48. The van der Waals surface area contributed by atoms with Crippen molar-refractivity contribution in [3.05, 3.63) is 59.2 Å². The third-order valence-corrected chi connectivity index (χ3v) is 4.10. The van der Waals surface area contributed by atoms with Gasteiger partial charge in [0.05, 0.1) is 5.56 Å². The summed E-state index contributed by atoms with van der Waals surface area (Å²) in [5.41, 5.74) is 4.70. The van der Waals surface area contributed by atoms with Gasteiger partial charge in [-0.05, 0) is 22.1 Å². The van der Waals surface area contributed by atoms with Gasteiger partial charge in [-0.2, -0.15) is 0 Å². The maximum atomic E-state index is 12.4. The van der Waals surface area contributed by atoms with Crippen molar-refractivity contribution < 1.29 is 4.79 Å². The van der Waals surface area contributed by atoms with Crippen LogP contribution in [0.15, 0.2) is 42.5 Å². The number of rotatable bonds is 1. The van der Waals surface area contributed by atoms with Crippen molar-refractivity contribution in [2.45, 2.75) is 26.2 Å². The summed E-state index contributed by atoms with van der Waals surface area (Å²) >= 11 is 5.27. The number of fused-ring (bicyclic) bond motifs is 1. The van der Waals surface area contributed by atoms with Crippen LogP contribution < -0.4 is 5.32 Å². The molecule has 0 bridgehead atoms. The fourth-order valence-corrected chi connectivity index (χ4v) is 3.05. The van der Waals surface area contributed by atoms with Crippen molar-refractivity contribution in [2.75, 3.05) is 0 Å². The quantitative estimate of drug-likeness (QED) is 0.804. The molecule has 0 unspecified atom stereocenters. The Morgan fingerprint density at radius 1 is 0.952 bits per heavy atom. The van der Waals surface area contributed by atoms with E-state index in [2.05, 4.69) is 32.2 Å². The van der Waals surface area contributed by atoms with Crippen LogP contribution in [-0.4, -0.2) is 10.9 Å². The van der Waals surface area contributed by atoms with E-state index in [0.29, 0.717) is 10.6 Å². The molecule has 3 heteroatoms. The maximum Gasteiger partial charge on any atom is 0.257 e. The van der Waals surface area contributed by atoms with Gasteiger partial charge in [0.1, 0.15) is 4.99 Å². The van der Waals surface area contributed by atoms with Gasteiger partial charge < -0.3 is 5.32 Å².